The van der Waals surface area contributed by atoms with Gasteiger partial charge in [0.25, 0.3) is 5.91 Å². The third kappa shape index (κ3) is 3.09. The lowest BCUT2D eigenvalue weighted by Gasteiger charge is -2.34. The summed E-state index contributed by atoms with van der Waals surface area (Å²) in [6, 6.07) is 6.00. The maximum atomic E-state index is 12.7. The van der Waals surface area contributed by atoms with Crippen LogP contribution in [0.15, 0.2) is 18.2 Å². The van der Waals surface area contributed by atoms with Gasteiger partial charge in [0.2, 0.25) is 0 Å². The van der Waals surface area contributed by atoms with Crippen LogP contribution in [0.3, 0.4) is 0 Å². The number of nitrogens with zero attached hydrogens (tertiary/aromatic N) is 1. The van der Waals surface area contributed by atoms with E-state index in [0.717, 1.165) is 30.5 Å². The molecule has 1 fully saturated rings. The second-order valence-electron chi connectivity index (χ2n) is 5.46. The fourth-order valence-corrected chi connectivity index (χ4v) is 2.99. The van der Waals surface area contributed by atoms with E-state index >= 15 is 0 Å². The number of anilines is 1. The van der Waals surface area contributed by atoms with Crippen molar-refractivity contribution in [3.05, 3.63) is 29.3 Å². The van der Waals surface area contributed by atoms with Crippen molar-refractivity contribution in [2.45, 2.75) is 52.0 Å². The Morgan fingerprint density at radius 1 is 1.32 bits per heavy atom. The lowest BCUT2D eigenvalue weighted by molar-refractivity contribution is 0.0647. The zero-order chi connectivity index (χ0) is 13.8. The van der Waals surface area contributed by atoms with Gasteiger partial charge in [-0.25, -0.2) is 0 Å². The molecule has 104 valence electrons. The first-order valence-electron chi connectivity index (χ1n) is 7.30. The van der Waals surface area contributed by atoms with Gasteiger partial charge >= 0.3 is 0 Å². The molecule has 3 heteroatoms. The highest BCUT2D eigenvalue weighted by atomic mass is 16.2. The molecule has 1 amide bonds. The van der Waals surface area contributed by atoms with Crippen molar-refractivity contribution >= 4 is 11.6 Å². The maximum Gasteiger partial charge on any atom is 0.254 e. The van der Waals surface area contributed by atoms with Gasteiger partial charge in [0.15, 0.2) is 0 Å². The highest BCUT2D eigenvalue weighted by Gasteiger charge is 2.25. The Hall–Kier alpha value is -1.51. The van der Waals surface area contributed by atoms with Gasteiger partial charge in [-0.1, -0.05) is 25.3 Å². The molecule has 1 aromatic carbocycles. The summed E-state index contributed by atoms with van der Waals surface area (Å²) in [5.41, 5.74) is 8.24. The number of carbonyl (C=O) groups excluding carboxylic acids is 1. The average Bonchev–Trinajstić information content (AvgIpc) is 2.43. The molecule has 0 heterocycles. The van der Waals surface area contributed by atoms with E-state index in [1.54, 1.807) is 0 Å². The first kappa shape index (κ1) is 13.9. The Bertz CT molecular complexity index is 450. The molecular formula is C16H24N2O. The Morgan fingerprint density at radius 3 is 2.63 bits per heavy atom. The number of hydrogen-bond donors (Lipinski definition) is 1. The highest BCUT2D eigenvalue weighted by Crippen LogP contribution is 2.25. The maximum absolute atomic E-state index is 12.7. The summed E-state index contributed by atoms with van der Waals surface area (Å²) in [6.45, 7) is 4.81. The van der Waals surface area contributed by atoms with Crippen molar-refractivity contribution in [3.8, 4) is 0 Å². The molecule has 1 aliphatic rings. The lowest BCUT2D eigenvalue weighted by atomic mass is 9.93. The van der Waals surface area contributed by atoms with E-state index in [-0.39, 0.29) is 5.91 Å². The summed E-state index contributed by atoms with van der Waals surface area (Å²) >= 11 is 0. The van der Waals surface area contributed by atoms with E-state index < -0.39 is 0 Å². The molecule has 0 aromatic heterocycles. The molecule has 0 radical (unpaired) electrons. The Labute approximate surface area is 115 Å². The first-order valence-corrected chi connectivity index (χ1v) is 7.30. The fourth-order valence-electron chi connectivity index (χ4n) is 2.99. The monoisotopic (exact) mass is 260 g/mol. The number of rotatable bonds is 3. The zero-order valence-corrected chi connectivity index (χ0v) is 12.0. The van der Waals surface area contributed by atoms with Gasteiger partial charge < -0.3 is 10.6 Å². The van der Waals surface area contributed by atoms with Gasteiger partial charge in [-0.2, -0.15) is 0 Å². The predicted molar refractivity (Wildman–Crippen MR) is 79.2 cm³/mol. The van der Waals surface area contributed by atoms with Crippen molar-refractivity contribution in [2.24, 2.45) is 0 Å². The number of carbonyl (C=O) groups is 1. The van der Waals surface area contributed by atoms with Gasteiger partial charge in [0, 0.05) is 23.8 Å². The van der Waals surface area contributed by atoms with Crippen LogP contribution < -0.4 is 5.73 Å². The summed E-state index contributed by atoms with van der Waals surface area (Å²) < 4.78 is 0. The van der Waals surface area contributed by atoms with Crippen molar-refractivity contribution in [3.63, 3.8) is 0 Å². The molecule has 0 unspecified atom stereocenters. The van der Waals surface area contributed by atoms with Crippen molar-refractivity contribution in [1.82, 2.24) is 4.90 Å². The van der Waals surface area contributed by atoms with Gasteiger partial charge in [0.05, 0.1) is 0 Å². The van der Waals surface area contributed by atoms with Crippen LogP contribution in [0.2, 0.25) is 0 Å². The standard InChI is InChI=1S/C16H24N2O/c1-3-18(14-7-5-4-6-8-14)16(19)15-11-13(17)10-9-12(15)2/h9-11,14H,3-8,17H2,1-2H3. The minimum Gasteiger partial charge on any atom is -0.399 e. The summed E-state index contributed by atoms with van der Waals surface area (Å²) in [7, 11) is 0. The average molecular weight is 260 g/mol. The SMILES string of the molecule is CCN(C(=O)c1cc(N)ccc1C)C1CCCCC1. The van der Waals surface area contributed by atoms with Gasteiger partial charge in [-0.05, 0) is 44.4 Å². The Balaban J connectivity index is 2.22. The molecule has 0 atom stereocenters. The van der Waals surface area contributed by atoms with Crippen molar-refractivity contribution in [2.75, 3.05) is 12.3 Å². The molecule has 2 N–H and O–H groups in total. The molecule has 0 spiro atoms. The third-order valence-electron chi connectivity index (χ3n) is 4.11. The Kier molecular flexibility index (Phi) is 4.46. The van der Waals surface area contributed by atoms with Gasteiger partial charge in [-0.15, -0.1) is 0 Å². The molecule has 0 aliphatic heterocycles. The molecule has 3 nitrogen and oxygen atoms in total. The number of hydrogen-bond acceptors (Lipinski definition) is 2. The van der Waals surface area contributed by atoms with Crippen molar-refractivity contribution in [1.29, 1.82) is 0 Å². The second kappa shape index (κ2) is 6.09. The number of nitrogen functional groups attached to an aromatic ring is 1. The van der Waals surface area contributed by atoms with Crippen LogP contribution >= 0.6 is 0 Å². The van der Waals surface area contributed by atoms with E-state index in [1.807, 2.05) is 30.0 Å². The van der Waals surface area contributed by atoms with Crippen LogP contribution in [0.1, 0.15) is 54.9 Å². The van der Waals surface area contributed by atoms with Crippen LogP contribution in [0.5, 0.6) is 0 Å². The van der Waals surface area contributed by atoms with Crippen LogP contribution in [0.4, 0.5) is 5.69 Å². The van der Waals surface area contributed by atoms with Crippen LogP contribution in [-0.2, 0) is 0 Å². The lowest BCUT2D eigenvalue weighted by Crippen LogP contribution is -2.41. The third-order valence-corrected chi connectivity index (χ3v) is 4.11. The Morgan fingerprint density at radius 2 is 2.00 bits per heavy atom. The molecular weight excluding hydrogens is 236 g/mol. The number of nitrogens with two attached hydrogens (primary N) is 1. The molecule has 1 aromatic rings. The molecule has 19 heavy (non-hydrogen) atoms. The summed E-state index contributed by atoms with van der Waals surface area (Å²) in [4.78, 5) is 14.7. The first-order chi connectivity index (χ1) is 9.13. The quantitative estimate of drug-likeness (QED) is 0.847. The minimum absolute atomic E-state index is 0.138. The topological polar surface area (TPSA) is 46.3 Å². The summed E-state index contributed by atoms with van der Waals surface area (Å²) in [6.07, 6.45) is 6.07. The largest absolute Gasteiger partial charge is 0.399 e. The highest BCUT2D eigenvalue weighted by molar-refractivity contribution is 5.96. The minimum atomic E-state index is 0.138. The molecule has 1 aliphatic carbocycles. The molecule has 0 saturated heterocycles. The van der Waals surface area contributed by atoms with Gasteiger partial charge in [-0.3, -0.25) is 4.79 Å². The van der Waals surface area contributed by atoms with Crippen LogP contribution in [-0.4, -0.2) is 23.4 Å². The smallest absolute Gasteiger partial charge is 0.254 e. The van der Waals surface area contributed by atoms with E-state index in [9.17, 15) is 4.79 Å². The van der Waals surface area contributed by atoms with E-state index in [0.29, 0.717) is 11.7 Å². The van der Waals surface area contributed by atoms with Crippen LogP contribution in [0, 0.1) is 6.92 Å². The number of benzene rings is 1. The fraction of sp³-hybridized carbons (Fsp3) is 0.562. The predicted octanol–water partition coefficient (Wildman–Crippen LogP) is 3.37. The van der Waals surface area contributed by atoms with E-state index in [4.69, 9.17) is 5.73 Å². The summed E-state index contributed by atoms with van der Waals surface area (Å²) in [5, 5.41) is 0. The molecule has 1 saturated carbocycles. The number of amides is 1. The number of aryl methyl sites for hydroxylation is 1. The second-order valence-corrected chi connectivity index (χ2v) is 5.46. The van der Waals surface area contributed by atoms with Gasteiger partial charge in [0.1, 0.15) is 0 Å². The van der Waals surface area contributed by atoms with Crippen molar-refractivity contribution < 1.29 is 4.79 Å². The van der Waals surface area contributed by atoms with E-state index in [1.165, 1.54) is 19.3 Å². The molecule has 0 bridgehead atoms. The molecule has 2 rings (SSSR count). The normalized spacial score (nSPS) is 16.3. The summed E-state index contributed by atoms with van der Waals surface area (Å²) in [5.74, 6) is 0.138. The van der Waals surface area contributed by atoms with Crippen LogP contribution in [0.25, 0.3) is 0 Å². The van der Waals surface area contributed by atoms with E-state index in [2.05, 4.69) is 6.92 Å². The zero-order valence-electron chi connectivity index (χ0n) is 12.0.